The zero-order chi connectivity index (χ0) is 16.7. The van der Waals surface area contributed by atoms with Gasteiger partial charge in [0, 0.05) is 26.2 Å². The molecule has 0 aromatic heterocycles. The summed E-state index contributed by atoms with van der Waals surface area (Å²) >= 11 is 0. The van der Waals surface area contributed by atoms with Crippen LogP contribution in [0.5, 0.6) is 0 Å². The molecule has 2 fully saturated rings. The first-order chi connectivity index (χ1) is 10.8. The average Bonchev–Trinajstić information content (AvgIpc) is 2.93. The Balaban J connectivity index is 1.57. The van der Waals surface area contributed by atoms with Crippen LogP contribution in [0.3, 0.4) is 0 Å². The molecule has 0 aliphatic carbocycles. The van der Waals surface area contributed by atoms with Gasteiger partial charge in [0.25, 0.3) is 0 Å². The number of benzene rings is 1. The van der Waals surface area contributed by atoms with Crippen LogP contribution in [-0.4, -0.2) is 47.0 Å². The maximum absolute atomic E-state index is 12.6. The van der Waals surface area contributed by atoms with Crippen molar-refractivity contribution in [3.63, 3.8) is 0 Å². The molecule has 1 unspecified atom stereocenters. The third-order valence-electron chi connectivity index (χ3n) is 4.46. The molecule has 2 amide bonds. The molecule has 2 heterocycles. The van der Waals surface area contributed by atoms with Crippen molar-refractivity contribution >= 4 is 12.0 Å². The van der Waals surface area contributed by atoms with Gasteiger partial charge in [0.1, 0.15) is 5.60 Å². The quantitative estimate of drug-likeness (QED) is 0.788. The monoisotopic (exact) mass is 316 g/mol. The van der Waals surface area contributed by atoms with Crippen LogP contribution in [0.2, 0.25) is 0 Å². The van der Waals surface area contributed by atoms with Gasteiger partial charge in [0.05, 0.1) is 5.41 Å². The highest BCUT2D eigenvalue weighted by molar-refractivity contribution is 5.90. The smallest absolute Gasteiger partial charge is 0.410 e. The van der Waals surface area contributed by atoms with Gasteiger partial charge in [0.15, 0.2) is 0 Å². The fraction of sp³-hybridized carbons (Fsp3) is 0.556. The van der Waals surface area contributed by atoms with Crippen molar-refractivity contribution in [1.29, 1.82) is 0 Å². The fourth-order valence-electron chi connectivity index (χ4n) is 3.34. The number of β-lactam (4-membered cyclic amide) rings is 1. The second kappa shape index (κ2) is 5.55. The SMILES string of the molecule is CC(C)(C)OC(=O)N1CCC2(C1)CN(Cc1ccccc1)C2=O. The minimum Gasteiger partial charge on any atom is -0.444 e. The first kappa shape index (κ1) is 15.8. The van der Waals surface area contributed by atoms with E-state index in [1.165, 1.54) is 0 Å². The highest BCUT2D eigenvalue weighted by Gasteiger charge is 2.56. The second-order valence-electron chi connectivity index (χ2n) is 7.58. The van der Waals surface area contributed by atoms with Crippen molar-refractivity contribution in [2.45, 2.75) is 39.3 Å². The summed E-state index contributed by atoms with van der Waals surface area (Å²) in [5.74, 6) is 0.160. The van der Waals surface area contributed by atoms with E-state index < -0.39 is 5.60 Å². The number of amides is 2. The predicted octanol–water partition coefficient (Wildman–Crippen LogP) is 2.66. The lowest BCUT2D eigenvalue weighted by atomic mass is 9.77. The number of rotatable bonds is 2. The van der Waals surface area contributed by atoms with Gasteiger partial charge in [-0.05, 0) is 32.8 Å². The highest BCUT2D eigenvalue weighted by atomic mass is 16.6. The van der Waals surface area contributed by atoms with Crippen LogP contribution in [0.15, 0.2) is 30.3 Å². The van der Waals surface area contributed by atoms with Gasteiger partial charge in [-0.2, -0.15) is 0 Å². The third-order valence-corrected chi connectivity index (χ3v) is 4.46. The summed E-state index contributed by atoms with van der Waals surface area (Å²) in [6.45, 7) is 8.01. The number of carbonyl (C=O) groups is 2. The van der Waals surface area contributed by atoms with Gasteiger partial charge in [-0.15, -0.1) is 0 Å². The van der Waals surface area contributed by atoms with Gasteiger partial charge in [-0.25, -0.2) is 4.79 Å². The summed E-state index contributed by atoms with van der Waals surface area (Å²) in [4.78, 5) is 28.3. The highest BCUT2D eigenvalue weighted by Crippen LogP contribution is 2.41. The Bertz CT molecular complexity index is 608. The summed E-state index contributed by atoms with van der Waals surface area (Å²) in [6, 6.07) is 9.99. The minimum absolute atomic E-state index is 0.160. The lowest BCUT2D eigenvalue weighted by Crippen LogP contribution is -2.62. The first-order valence-electron chi connectivity index (χ1n) is 8.10. The Labute approximate surface area is 137 Å². The molecule has 23 heavy (non-hydrogen) atoms. The maximum atomic E-state index is 12.6. The summed E-state index contributed by atoms with van der Waals surface area (Å²) in [5, 5.41) is 0. The third kappa shape index (κ3) is 3.19. The predicted molar refractivity (Wildman–Crippen MR) is 86.7 cm³/mol. The van der Waals surface area contributed by atoms with E-state index in [1.54, 1.807) is 4.90 Å². The average molecular weight is 316 g/mol. The molecule has 124 valence electrons. The standard InChI is InChI=1S/C18H24N2O3/c1-17(2,3)23-16(22)19-10-9-18(12-19)13-20(15(18)21)11-14-7-5-4-6-8-14/h4-8H,9-13H2,1-3H3. The van der Waals surface area contributed by atoms with Gasteiger partial charge in [-0.1, -0.05) is 30.3 Å². The number of hydrogen-bond donors (Lipinski definition) is 0. The summed E-state index contributed by atoms with van der Waals surface area (Å²) in [7, 11) is 0. The van der Waals surface area contributed by atoms with E-state index in [0.717, 1.165) is 18.5 Å². The molecule has 1 atom stereocenters. The Morgan fingerprint density at radius 2 is 1.91 bits per heavy atom. The molecule has 2 aliphatic rings. The normalized spacial score (nSPS) is 24.0. The van der Waals surface area contributed by atoms with Crippen LogP contribution in [0.1, 0.15) is 32.8 Å². The molecule has 5 nitrogen and oxygen atoms in total. The van der Waals surface area contributed by atoms with E-state index >= 15 is 0 Å². The first-order valence-corrected chi connectivity index (χ1v) is 8.10. The van der Waals surface area contributed by atoms with E-state index in [1.807, 2.05) is 56.0 Å². The molecule has 2 aliphatic heterocycles. The van der Waals surface area contributed by atoms with Gasteiger partial charge >= 0.3 is 6.09 Å². The number of likely N-dealkylation sites (tertiary alicyclic amines) is 2. The van der Waals surface area contributed by atoms with Gasteiger partial charge in [-0.3, -0.25) is 4.79 Å². The van der Waals surface area contributed by atoms with E-state index in [4.69, 9.17) is 4.74 Å². The van der Waals surface area contributed by atoms with E-state index in [2.05, 4.69) is 0 Å². The molecule has 5 heteroatoms. The van der Waals surface area contributed by atoms with Crippen LogP contribution in [0.4, 0.5) is 4.79 Å². The number of carbonyl (C=O) groups excluding carboxylic acids is 2. The zero-order valence-corrected chi connectivity index (χ0v) is 14.0. The molecular formula is C18H24N2O3. The molecule has 3 rings (SSSR count). The van der Waals surface area contributed by atoms with Crippen molar-refractivity contribution in [3.8, 4) is 0 Å². The van der Waals surface area contributed by atoms with Crippen LogP contribution >= 0.6 is 0 Å². The Hall–Kier alpha value is -2.04. The van der Waals surface area contributed by atoms with Gasteiger partial charge < -0.3 is 14.5 Å². The van der Waals surface area contributed by atoms with E-state index in [-0.39, 0.29) is 17.4 Å². The Morgan fingerprint density at radius 1 is 1.22 bits per heavy atom. The lowest BCUT2D eigenvalue weighted by molar-refractivity contribution is -0.159. The Morgan fingerprint density at radius 3 is 2.52 bits per heavy atom. The molecule has 0 bridgehead atoms. The van der Waals surface area contributed by atoms with Crippen LogP contribution in [0, 0.1) is 5.41 Å². The second-order valence-corrected chi connectivity index (χ2v) is 7.58. The molecule has 0 saturated carbocycles. The maximum Gasteiger partial charge on any atom is 0.410 e. The zero-order valence-electron chi connectivity index (χ0n) is 14.0. The Kier molecular flexibility index (Phi) is 3.82. The van der Waals surface area contributed by atoms with Crippen LogP contribution in [0.25, 0.3) is 0 Å². The van der Waals surface area contributed by atoms with Crippen molar-refractivity contribution in [1.82, 2.24) is 9.80 Å². The van der Waals surface area contributed by atoms with Crippen molar-refractivity contribution < 1.29 is 14.3 Å². The van der Waals surface area contributed by atoms with Crippen molar-refractivity contribution in [2.75, 3.05) is 19.6 Å². The largest absolute Gasteiger partial charge is 0.444 e. The summed E-state index contributed by atoms with van der Waals surface area (Å²) < 4.78 is 5.40. The number of nitrogens with zero attached hydrogens (tertiary/aromatic N) is 2. The molecule has 1 aromatic carbocycles. The van der Waals surface area contributed by atoms with Crippen LogP contribution in [-0.2, 0) is 16.1 Å². The minimum atomic E-state index is -0.504. The summed E-state index contributed by atoms with van der Waals surface area (Å²) in [5.41, 5.74) is 0.249. The fourth-order valence-corrected chi connectivity index (χ4v) is 3.34. The van der Waals surface area contributed by atoms with Crippen molar-refractivity contribution in [3.05, 3.63) is 35.9 Å². The number of ether oxygens (including phenoxy) is 1. The topological polar surface area (TPSA) is 49.9 Å². The summed E-state index contributed by atoms with van der Waals surface area (Å²) in [6.07, 6.45) is 0.416. The van der Waals surface area contributed by atoms with Crippen molar-refractivity contribution in [2.24, 2.45) is 5.41 Å². The molecular weight excluding hydrogens is 292 g/mol. The van der Waals surface area contributed by atoms with Gasteiger partial charge in [0.2, 0.25) is 5.91 Å². The lowest BCUT2D eigenvalue weighted by Gasteiger charge is -2.46. The molecule has 0 radical (unpaired) electrons. The van der Waals surface area contributed by atoms with E-state index in [0.29, 0.717) is 19.6 Å². The molecule has 0 N–H and O–H groups in total. The molecule has 1 spiro atoms. The molecule has 1 aromatic rings. The van der Waals surface area contributed by atoms with E-state index in [9.17, 15) is 9.59 Å². The molecule has 2 saturated heterocycles. The van der Waals surface area contributed by atoms with Crippen LogP contribution < -0.4 is 0 Å². The number of hydrogen-bond acceptors (Lipinski definition) is 3.